The Morgan fingerprint density at radius 1 is 0.952 bits per heavy atom. The molecule has 4 nitrogen and oxygen atoms in total. The van der Waals surface area contributed by atoms with Gasteiger partial charge in [-0.05, 0) is 23.0 Å². The first-order chi connectivity index (χ1) is 9.82. The van der Waals surface area contributed by atoms with Gasteiger partial charge in [0.1, 0.15) is 0 Å². The van der Waals surface area contributed by atoms with Crippen LogP contribution in [-0.2, 0) is 17.1 Å². The maximum atomic E-state index is 6.50. The molecule has 0 bridgehead atoms. The summed E-state index contributed by atoms with van der Waals surface area (Å²) in [5.74, 6) is 0. The van der Waals surface area contributed by atoms with Crippen LogP contribution < -0.4 is 0 Å². The second-order valence-electron chi connectivity index (χ2n) is 6.97. The van der Waals surface area contributed by atoms with Gasteiger partial charge in [-0.3, -0.25) is 0 Å². The normalized spacial score (nSPS) is 30.6. The average molecular weight is 351 g/mol. The molecule has 126 valence electrons. The van der Waals surface area contributed by atoms with E-state index in [0.29, 0.717) is 22.9 Å². The molecule has 2 unspecified atom stereocenters. The van der Waals surface area contributed by atoms with Gasteiger partial charge in [-0.1, -0.05) is 54.9 Å². The standard InChI is InChI=1S/C14H34O4Si3/c1-8-9-10-15-11-21(14(6)7)17-19(12(2)3)16-20(18-21)13(4)5/h12-14,19-20H,8-11H2,1-7H3. The predicted octanol–water partition coefficient (Wildman–Crippen LogP) is 3.52. The van der Waals surface area contributed by atoms with Crippen LogP contribution in [-0.4, -0.2) is 40.0 Å². The van der Waals surface area contributed by atoms with E-state index < -0.39 is 27.1 Å². The quantitative estimate of drug-likeness (QED) is 0.496. The molecule has 1 fully saturated rings. The fourth-order valence-electron chi connectivity index (χ4n) is 2.16. The summed E-state index contributed by atoms with van der Waals surface area (Å²) in [6.07, 6.45) is 2.93. The van der Waals surface area contributed by atoms with Gasteiger partial charge in [-0.2, -0.15) is 0 Å². The zero-order valence-electron chi connectivity index (χ0n) is 14.8. The first kappa shape index (κ1) is 19.5. The van der Waals surface area contributed by atoms with Crippen molar-refractivity contribution in [1.29, 1.82) is 0 Å². The van der Waals surface area contributed by atoms with E-state index >= 15 is 0 Å². The largest absolute Gasteiger partial charge is 0.420 e. The molecule has 0 radical (unpaired) electrons. The molecule has 1 saturated heterocycles. The molecule has 7 heteroatoms. The van der Waals surface area contributed by atoms with Gasteiger partial charge in [0, 0.05) is 6.61 Å². The number of hydrogen-bond donors (Lipinski definition) is 0. The Kier molecular flexibility index (Phi) is 8.33. The Labute approximate surface area is 135 Å². The fourth-order valence-corrected chi connectivity index (χ4v) is 16.7. The molecule has 0 aromatic carbocycles. The lowest BCUT2D eigenvalue weighted by Gasteiger charge is -2.46. The summed E-state index contributed by atoms with van der Waals surface area (Å²) in [7, 11) is -5.56. The lowest BCUT2D eigenvalue weighted by molar-refractivity contribution is 0.127. The summed E-state index contributed by atoms with van der Waals surface area (Å²) in [5.41, 5.74) is 1.39. The van der Waals surface area contributed by atoms with Crippen molar-refractivity contribution in [3.63, 3.8) is 0 Å². The molecule has 1 heterocycles. The maximum Gasteiger partial charge on any atom is 0.349 e. The van der Waals surface area contributed by atoms with Crippen LogP contribution in [0.4, 0.5) is 0 Å². The highest BCUT2D eigenvalue weighted by Crippen LogP contribution is 2.34. The summed E-state index contributed by atoms with van der Waals surface area (Å²) in [6, 6.07) is 0. The van der Waals surface area contributed by atoms with Crippen LogP contribution in [0.3, 0.4) is 0 Å². The topological polar surface area (TPSA) is 36.9 Å². The molecule has 21 heavy (non-hydrogen) atoms. The molecule has 1 aliphatic rings. The van der Waals surface area contributed by atoms with Gasteiger partial charge < -0.3 is 17.1 Å². The minimum absolute atomic E-state index is 0.408. The van der Waals surface area contributed by atoms with Gasteiger partial charge in [0.15, 0.2) is 0 Å². The molecule has 0 amide bonds. The summed E-state index contributed by atoms with van der Waals surface area (Å²) >= 11 is 0. The molecule has 0 saturated carbocycles. The van der Waals surface area contributed by atoms with Gasteiger partial charge in [-0.15, -0.1) is 0 Å². The molecule has 0 aromatic heterocycles. The van der Waals surface area contributed by atoms with E-state index in [0.717, 1.165) is 19.4 Å². The van der Waals surface area contributed by atoms with Crippen molar-refractivity contribution in [2.24, 2.45) is 0 Å². The van der Waals surface area contributed by atoms with E-state index in [1.807, 2.05) is 0 Å². The van der Waals surface area contributed by atoms with Crippen LogP contribution in [0, 0.1) is 0 Å². The summed E-state index contributed by atoms with van der Waals surface area (Å²) in [4.78, 5) is 0. The monoisotopic (exact) mass is 350 g/mol. The van der Waals surface area contributed by atoms with E-state index in [-0.39, 0.29) is 0 Å². The minimum atomic E-state index is -2.29. The highest BCUT2D eigenvalue weighted by Gasteiger charge is 2.52. The molecular weight excluding hydrogens is 316 g/mol. The van der Waals surface area contributed by atoms with Crippen molar-refractivity contribution in [1.82, 2.24) is 0 Å². The van der Waals surface area contributed by atoms with Crippen molar-refractivity contribution >= 4 is 27.1 Å². The number of rotatable bonds is 8. The first-order valence-corrected chi connectivity index (χ1v) is 13.7. The zero-order valence-corrected chi connectivity index (χ0v) is 18.2. The second kappa shape index (κ2) is 8.95. The maximum absolute atomic E-state index is 6.50. The van der Waals surface area contributed by atoms with Gasteiger partial charge >= 0.3 is 27.1 Å². The second-order valence-corrected chi connectivity index (χ2v) is 17.2. The van der Waals surface area contributed by atoms with Crippen LogP contribution in [0.1, 0.15) is 61.3 Å². The Morgan fingerprint density at radius 2 is 1.48 bits per heavy atom. The Morgan fingerprint density at radius 3 is 1.86 bits per heavy atom. The highest BCUT2D eigenvalue weighted by atomic mass is 28.5. The molecule has 0 aromatic rings. The zero-order chi connectivity index (χ0) is 16.0. The van der Waals surface area contributed by atoms with Crippen LogP contribution in [0.15, 0.2) is 0 Å². The third kappa shape index (κ3) is 5.56. The Hall–Kier alpha value is 0.491. The van der Waals surface area contributed by atoms with Crippen molar-refractivity contribution in [3.8, 4) is 0 Å². The average Bonchev–Trinajstić information content (AvgIpc) is 2.43. The van der Waals surface area contributed by atoms with E-state index in [1.54, 1.807) is 0 Å². The van der Waals surface area contributed by atoms with Crippen molar-refractivity contribution < 1.29 is 17.1 Å². The molecular formula is C14H34O4Si3. The van der Waals surface area contributed by atoms with Crippen molar-refractivity contribution in [3.05, 3.63) is 0 Å². The molecule has 0 spiro atoms. The van der Waals surface area contributed by atoms with Crippen molar-refractivity contribution in [2.45, 2.75) is 77.9 Å². The molecule has 0 aliphatic carbocycles. The number of unbranched alkanes of at least 4 members (excludes halogenated alkanes) is 1. The number of hydrogen-bond acceptors (Lipinski definition) is 4. The summed E-state index contributed by atoms with van der Waals surface area (Å²) in [5, 5.41) is 0. The van der Waals surface area contributed by atoms with Crippen LogP contribution in [0.5, 0.6) is 0 Å². The van der Waals surface area contributed by atoms with Crippen LogP contribution in [0.2, 0.25) is 16.6 Å². The lowest BCUT2D eigenvalue weighted by atomic mass is 10.4. The molecule has 0 N–H and O–H groups in total. The Balaban J connectivity index is 2.82. The van der Waals surface area contributed by atoms with Crippen LogP contribution in [0.25, 0.3) is 0 Å². The van der Waals surface area contributed by atoms with Gasteiger partial charge in [-0.25, -0.2) is 0 Å². The smallest absolute Gasteiger partial charge is 0.349 e. The molecule has 1 rings (SSSR count). The van der Waals surface area contributed by atoms with E-state index in [4.69, 9.17) is 17.1 Å². The number of ether oxygens (including phenoxy) is 1. The molecule has 2 atom stereocenters. The van der Waals surface area contributed by atoms with Crippen LogP contribution >= 0.6 is 0 Å². The highest BCUT2D eigenvalue weighted by molar-refractivity contribution is 6.84. The predicted molar refractivity (Wildman–Crippen MR) is 94.3 cm³/mol. The van der Waals surface area contributed by atoms with E-state index in [9.17, 15) is 0 Å². The fraction of sp³-hybridized carbons (Fsp3) is 1.00. The van der Waals surface area contributed by atoms with E-state index in [2.05, 4.69) is 48.5 Å². The van der Waals surface area contributed by atoms with Gasteiger partial charge in [0.05, 0.1) is 6.23 Å². The third-order valence-electron chi connectivity index (χ3n) is 3.81. The van der Waals surface area contributed by atoms with Crippen molar-refractivity contribution in [2.75, 3.05) is 12.8 Å². The SMILES string of the molecule is CCCCOC[Si]1(C(C)C)O[SiH](C(C)C)O[SiH](C(C)C)O1. The lowest BCUT2D eigenvalue weighted by Crippen LogP contribution is -2.63. The van der Waals surface area contributed by atoms with Gasteiger partial charge in [0.25, 0.3) is 0 Å². The first-order valence-electron chi connectivity index (χ1n) is 8.41. The van der Waals surface area contributed by atoms with E-state index in [1.165, 1.54) is 0 Å². The molecule has 1 aliphatic heterocycles. The Bertz CT molecular complexity index is 284. The third-order valence-corrected chi connectivity index (χ3v) is 15.6. The van der Waals surface area contributed by atoms with Gasteiger partial charge in [0.2, 0.25) is 0 Å². The summed E-state index contributed by atoms with van der Waals surface area (Å²) < 4.78 is 25.2. The summed E-state index contributed by atoms with van der Waals surface area (Å²) in [6.45, 7) is 16.3. The minimum Gasteiger partial charge on any atom is -0.420 e.